The first-order chi connectivity index (χ1) is 24.5. The SMILES string of the molecule is O=C(CCCCCCCCC(=O)Oc1ccccc1C(=O)OCCOc1ccccc1)Oc1ccccc1C(=O)OCCOc1ccccc1. The summed E-state index contributed by atoms with van der Waals surface area (Å²) in [5.74, 6) is -0.366. The quantitative estimate of drug-likeness (QED) is 0.0489. The molecule has 0 radical (unpaired) electrons. The standard InChI is InChI=1S/C40H42O10/c41-37(49-35-23-15-13-21-33(35)39(43)47-29-27-45-31-17-7-5-8-18-31)25-11-3-1-2-4-12-26-38(42)50-36-24-16-14-22-34(36)40(44)48-30-28-46-32-19-9-6-10-20-32/h5-10,13-24H,1-4,11-12,25-30H2. The second-order valence-corrected chi connectivity index (χ2v) is 11.2. The Morgan fingerprint density at radius 1 is 0.400 bits per heavy atom. The van der Waals surface area contributed by atoms with Crippen molar-refractivity contribution in [3.8, 4) is 23.0 Å². The maximum atomic E-state index is 12.6. The molecule has 0 spiro atoms. The number of hydrogen-bond acceptors (Lipinski definition) is 10. The van der Waals surface area contributed by atoms with Crippen LogP contribution in [-0.2, 0) is 19.1 Å². The van der Waals surface area contributed by atoms with E-state index in [1.54, 1.807) is 48.5 Å². The second kappa shape index (κ2) is 21.4. The maximum absolute atomic E-state index is 12.6. The van der Waals surface area contributed by atoms with Gasteiger partial charge >= 0.3 is 23.9 Å². The van der Waals surface area contributed by atoms with E-state index in [1.165, 1.54) is 0 Å². The molecule has 0 N–H and O–H groups in total. The average molecular weight is 683 g/mol. The van der Waals surface area contributed by atoms with Crippen LogP contribution in [0.1, 0.15) is 72.1 Å². The predicted octanol–water partition coefficient (Wildman–Crippen LogP) is 7.79. The molecule has 0 aliphatic carbocycles. The Kier molecular flexibility index (Phi) is 15.9. The van der Waals surface area contributed by atoms with E-state index in [9.17, 15) is 19.2 Å². The lowest BCUT2D eigenvalue weighted by Gasteiger charge is -2.11. The van der Waals surface area contributed by atoms with Crippen LogP contribution in [0.5, 0.6) is 23.0 Å². The molecule has 0 aliphatic rings. The van der Waals surface area contributed by atoms with Gasteiger partial charge in [0.2, 0.25) is 0 Å². The third-order valence-electron chi connectivity index (χ3n) is 7.33. The van der Waals surface area contributed by atoms with Crippen LogP contribution in [0.2, 0.25) is 0 Å². The monoisotopic (exact) mass is 682 g/mol. The molecule has 0 bridgehead atoms. The Balaban J connectivity index is 1.05. The lowest BCUT2D eigenvalue weighted by molar-refractivity contribution is -0.135. The molecule has 0 unspecified atom stereocenters. The molecular weight excluding hydrogens is 640 g/mol. The first kappa shape index (κ1) is 37.2. The fourth-order valence-electron chi connectivity index (χ4n) is 4.82. The molecule has 50 heavy (non-hydrogen) atoms. The van der Waals surface area contributed by atoms with E-state index >= 15 is 0 Å². The molecule has 0 saturated heterocycles. The first-order valence-corrected chi connectivity index (χ1v) is 16.8. The lowest BCUT2D eigenvalue weighted by atomic mass is 10.1. The molecule has 262 valence electrons. The van der Waals surface area contributed by atoms with Gasteiger partial charge in [-0.3, -0.25) is 9.59 Å². The third-order valence-corrected chi connectivity index (χ3v) is 7.33. The molecule has 4 rings (SSSR count). The molecule has 0 heterocycles. The fraction of sp³-hybridized carbons (Fsp3) is 0.300. The van der Waals surface area contributed by atoms with E-state index in [-0.39, 0.29) is 61.9 Å². The topological polar surface area (TPSA) is 124 Å². The van der Waals surface area contributed by atoms with Gasteiger partial charge < -0.3 is 28.4 Å². The van der Waals surface area contributed by atoms with Crippen molar-refractivity contribution in [3.63, 3.8) is 0 Å². The summed E-state index contributed by atoms with van der Waals surface area (Å²) in [6, 6.07) is 31.4. The molecule has 0 saturated carbocycles. The number of carbonyl (C=O) groups excluding carboxylic acids is 4. The zero-order chi connectivity index (χ0) is 35.2. The van der Waals surface area contributed by atoms with Gasteiger partial charge in [-0.15, -0.1) is 0 Å². The van der Waals surface area contributed by atoms with Gasteiger partial charge in [-0.05, 0) is 61.4 Å². The van der Waals surface area contributed by atoms with Crippen molar-refractivity contribution >= 4 is 23.9 Å². The van der Waals surface area contributed by atoms with Crippen LogP contribution in [-0.4, -0.2) is 50.3 Å². The number of benzene rings is 4. The van der Waals surface area contributed by atoms with Crippen LogP contribution < -0.4 is 18.9 Å². The summed E-state index contributed by atoms with van der Waals surface area (Å²) in [7, 11) is 0. The summed E-state index contributed by atoms with van der Waals surface area (Å²) in [6.45, 7) is 0.492. The van der Waals surface area contributed by atoms with Crippen molar-refractivity contribution in [2.45, 2.75) is 51.4 Å². The predicted molar refractivity (Wildman–Crippen MR) is 186 cm³/mol. The first-order valence-electron chi connectivity index (χ1n) is 16.8. The minimum Gasteiger partial charge on any atom is -0.490 e. The van der Waals surface area contributed by atoms with E-state index in [2.05, 4.69) is 0 Å². The van der Waals surface area contributed by atoms with Crippen molar-refractivity contribution in [2.75, 3.05) is 26.4 Å². The van der Waals surface area contributed by atoms with Gasteiger partial charge in [-0.2, -0.15) is 0 Å². The van der Waals surface area contributed by atoms with E-state index in [1.807, 2.05) is 60.7 Å². The summed E-state index contributed by atoms with van der Waals surface area (Å²) in [5, 5.41) is 0. The zero-order valence-corrected chi connectivity index (χ0v) is 28.0. The van der Waals surface area contributed by atoms with E-state index in [0.717, 1.165) is 25.7 Å². The molecule has 0 amide bonds. The Hall–Kier alpha value is -5.64. The summed E-state index contributed by atoms with van der Waals surface area (Å²) in [4.78, 5) is 50.1. The normalized spacial score (nSPS) is 10.5. The Labute approximate surface area is 292 Å². The minimum atomic E-state index is -0.596. The van der Waals surface area contributed by atoms with E-state index in [4.69, 9.17) is 28.4 Å². The van der Waals surface area contributed by atoms with Gasteiger partial charge in [-0.25, -0.2) is 9.59 Å². The van der Waals surface area contributed by atoms with Crippen LogP contribution in [0.4, 0.5) is 0 Å². The number of carbonyl (C=O) groups is 4. The molecule has 0 atom stereocenters. The van der Waals surface area contributed by atoms with E-state index < -0.39 is 23.9 Å². The Morgan fingerprint density at radius 3 is 1.18 bits per heavy atom. The average Bonchev–Trinajstić information content (AvgIpc) is 3.14. The van der Waals surface area contributed by atoms with Crippen LogP contribution in [0.3, 0.4) is 0 Å². The molecule has 0 fully saturated rings. The number of esters is 4. The second-order valence-electron chi connectivity index (χ2n) is 11.2. The smallest absolute Gasteiger partial charge is 0.342 e. The maximum Gasteiger partial charge on any atom is 0.342 e. The molecule has 10 heteroatoms. The van der Waals surface area contributed by atoms with E-state index in [0.29, 0.717) is 24.3 Å². The summed E-state index contributed by atoms with van der Waals surface area (Å²) < 4.78 is 32.6. The van der Waals surface area contributed by atoms with Crippen molar-refractivity contribution < 1.29 is 47.6 Å². The highest BCUT2D eigenvalue weighted by atomic mass is 16.6. The highest BCUT2D eigenvalue weighted by molar-refractivity contribution is 5.94. The molecule has 0 aliphatic heterocycles. The molecular formula is C40H42O10. The highest BCUT2D eigenvalue weighted by Gasteiger charge is 2.18. The van der Waals surface area contributed by atoms with Crippen molar-refractivity contribution in [1.82, 2.24) is 0 Å². The van der Waals surface area contributed by atoms with Gasteiger partial charge in [0.1, 0.15) is 60.6 Å². The van der Waals surface area contributed by atoms with Crippen LogP contribution in [0.15, 0.2) is 109 Å². The third kappa shape index (κ3) is 13.5. The molecule has 10 nitrogen and oxygen atoms in total. The van der Waals surface area contributed by atoms with Crippen LogP contribution >= 0.6 is 0 Å². The summed E-state index contributed by atoms with van der Waals surface area (Å²) in [5.41, 5.74) is 0.347. The van der Waals surface area contributed by atoms with Gasteiger partial charge in [0, 0.05) is 12.8 Å². The van der Waals surface area contributed by atoms with Crippen LogP contribution in [0.25, 0.3) is 0 Å². The number of unbranched alkanes of at least 4 members (excludes halogenated alkanes) is 5. The lowest BCUT2D eigenvalue weighted by Crippen LogP contribution is -2.15. The summed E-state index contributed by atoms with van der Waals surface area (Å²) in [6.07, 6.45) is 5.10. The number of rotatable bonds is 21. The van der Waals surface area contributed by atoms with Gasteiger partial charge in [0.15, 0.2) is 0 Å². The van der Waals surface area contributed by atoms with Gasteiger partial charge in [0.05, 0.1) is 0 Å². The fourth-order valence-corrected chi connectivity index (χ4v) is 4.82. The number of para-hydroxylation sites is 4. The minimum absolute atomic E-state index is 0.0499. The summed E-state index contributed by atoms with van der Waals surface area (Å²) >= 11 is 0. The Morgan fingerprint density at radius 2 is 0.760 bits per heavy atom. The molecule has 4 aromatic carbocycles. The largest absolute Gasteiger partial charge is 0.490 e. The molecule has 0 aromatic heterocycles. The highest BCUT2D eigenvalue weighted by Crippen LogP contribution is 2.22. The zero-order valence-electron chi connectivity index (χ0n) is 28.0. The Bertz CT molecular complexity index is 1520. The van der Waals surface area contributed by atoms with Crippen LogP contribution in [0, 0.1) is 0 Å². The number of ether oxygens (including phenoxy) is 6. The number of hydrogen-bond donors (Lipinski definition) is 0. The van der Waals surface area contributed by atoms with Crippen molar-refractivity contribution in [3.05, 3.63) is 120 Å². The van der Waals surface area contributed by atoms with Gasteiger partial charge in [0.25, 0.3) is 0 Å². The molecule has 4 aromatic rings. The van der Waals surface area contributed by atoms with Crippen molar-refractivity contribution in [1.29, 1.82) is 0 Å². The van der Waals surface area contributed by atoms with Gasteiger partial charge in [-0.1, -0.05) is 86.3 Å². The van der Waals surface area contributed by atoms with Crippen molar-refractivity contribution in [2.24, 2.45) is 0 Å².